The van der Waals surface area contributed by atoms with Crippen LogP contribution in [0.4, 0.5) is 24.8 Å². The number of hydrogen-bond acceptors (Lipinski definition) is 4. The van der Waals surface area contributed by atoms with Gasteiger partial charge in [-0.2, -0.15) is 4.98 Å². The van der Waals surface area contributed by atoms with Crippen molar-refractivity contribution in [2.75, 3.05) is 12.4 Å². The molecule has 0 atom stereocenters. The highest BCUT2D eigenvalue weighted by atomic mass is 19.2. The monoisotopic (exact) mass is 389 g/mol. The Kier molecular flexibility index (Phi) is 5.39. The van der Waals surface area contributed by atoms with Crippen LogP contribution < -0.4 is 15.6 Å². The van der Waals surface area contributed by atoms with Crippen LogP contribution in [-0.2, 0) is 6.54 Å². The van der Waals surface area contributed by atoms with Gasteiger partial charge in [-0.15, -0.1) is 0 Å². The Morgan fingerprint density at radius 3 is 2.36 bits per heavy atom. The van der Waals surface area contributed by atoms with Crippen LogP contribution in [-0.4, -0.2) is 16.7 Å². The largest absolute Gasteiger partial charge is 0.497 e. The van der Waals surface area contributed by atoms with Crippen LogP contribution in [0.2, 0.25) is 0 Å². The average Bonchev–Trinajstić information content (AvgIpc) is 2.64. The van der Waals surface area contributed by atoms with Gasteiger partial charge in [-0.05, 0) is 55.3 Å². The van der Waals surface area contributed by atoms with Gasteiger partial charge in [0.1, 0.15) is 5.75 Å². The smallest absolute Gasteiger partial charge is 0.274 e. The maximum atomic E-state index is 13.6. The van der Waals surface area contributed by atoms with E-state index in [4.69, 9.17) is 4.74 Å². The molecular formula is C20H18F3N3O2. The maximum Gasteiger partial charge on any atom is 0.274 e. The highest BCUT2D eigenvalue weighted by Crippen LogP contribution is 2.24. The molecule has 0 spiro atoms. The lowest BCUT2D eigenvalue weighted by molar-refractivity contribution is 0.414. The summed E-state index contributed by atoms with van der Waals surface area (Å²) >= 11 is 0. The van der Waals surface area contributed by atoms with Crippen molar-refractivity contribution < 1.29 is 17.9 Å². The lowest BCUT2D eigenvalue weighted by Gasteiger charge is -2.18. The molecule has 8 heteroatoms. The number of aryl methyl sites for hydroxylation is 2. The van der Waals surface area contributed by atoms with Crippen molar-refractivity contribution in [2.45, 2.75) is 20.4 Å². The number of rotatable bonds is 5. The minimum Gasteiger partial charge on any atom is -0.497 e. The molecule has 3 aromatic rings. The molecule has 0 fully saturated rings. The number of nitrogens with one attached hydrogen (secondary N) is 1. The molecular weight excluding hydrogens is 371 g/mol. The van der Waals surface area contributed by atoms with Crippen molar-refractivity contribution in [2.24, 2.45) is 0 Å². The van der Waals surface area contributed by atoms with Gasteiger partial charge in [-0.25, -0.2) is 13.2 Å². The van der Waals surface area contributed by atoms with Crippen molar-refractivity contribution in [3.8, 4) is 5.75 Å². The van der Waals surface area contributed by atoms with Gasteiger partial charge in [-0.1, -0.05) is 0 Å². The Morgan fingerprint density at radius 1 is 1.07 bits per heavy atom. The van der Waals surface area contributed by atoms with Gasteiger partial charge in [0.05, 0.1) is 13.7 Å². The summed E-state index contributed by atoms with van der Waals surface area (Å²) in [6.07, 6.45) is 0. The molecule has 1 heterocycles. The minimum absolute atomic E-state index is 0.00916. The summed E-state index contributed by atoms with van der Waals surface area (Å²) in [7, 11) is 1.56. The SMILES string of the molecule is COc1ccc(Nc2nc(=O)cc(C)n2Cc2cc(F)c(F)c(F)c2)c(C)c1. The normalized spacial score (nSPS) is 10.8. The van der Waals surface area contributed by atoms with E-state index in [1.807, 2.05) is 13.0 Å². The number of anilines is 2. The highest BCUT2D eigenvalue weighted by molar-refractivity contribution is 5.60. The molecule has 0 bridgehead atoms. The second kappa shape index (κ2) is 7.75. The number of methoxy groups -OCH3 is 1. The highest BCUT2D eigenvalue weighted by Gasteiger charge is 2.14. The lowest BCUT2D eigenvalue weighted by atomic mass is 10.2. The van der Waals surface area contributed by atoms with E-state index in [-0.39, 0.29) is 18.1 Å². The first-order chi connectivity index (χ1) is 13.3. The molecule has 1 aromatic heterocycles. The molecule has 0 saturated heterocycles. The Labute approximate surface area is 159 Å². The van der Waals surface area contributed by atoms with Crippen molar-refractivity contribution in [1.82, 2.24) is 9.55 Å². The van der Waals surface area contributed by atoms with E-state index in [2.05, 4.69) is 10.3 Å². The Balaban J connectivity index is 2.02. The Hall–Kier alpha value is -3.29. The molecule has 28 heavy (non-hydrogen) atoms. The first-order valence-electron chi connectivity index (χ1n) is 8.42. The van der Waals surface area contributed by atoms with Gasteiger partial charge in [0.25, 0.3) is 5.56 Å². The number of nitrogens with zero attached hydrogens (tertiary/aromatic N) is 2. The van der Waals surface area contributed by atoms with E-state index in [1.54, 1.807) is 30.7 Å². The first kappa shape index (κ1) is 19.5. The summed E-state index contributed by atoms with van der Waals surface area (Å²) in [6, 6.07) is 8.47. The summed E-state index contributed by atoms with van der Waals surface area (Å²) in [5.41, 5.74) is 1.79. The number of hydrogen-bond donors (Lipinski definition) is 1. The van der Waals surface area contributed by atoms with Crippen LogP contribution in [0, 0.1) is 31.3 Å². The van der Waals surface area contributed by atoms with E-state index in [9.17, 15) is 18.0 Å². The van der Waals surface area contributed by atoms with Crippen molar-refractivity contribution in [3.05, 3.63) is 81.0 Å². The zero-order valence-electron chi connectivity index (χ0n) is 15.5. The maximum absolute atomic E-state index is 13.6. The molecule has 0 aliphatic heterocycles. The van der Waals surface area contributed by atoms with Crippen molar-refractivity contribution >= 4 is 11.6 Å². The van der Waals surface area contributed by atoms with Crippen molar-refractivity contribution in [1.29, 1.82) is 0 Å². The molecule has 2 aromatic carbocycles. The fraction of sp³-hybridized carbons (Fsp3) is 0.200. The Bertz CT molecular complexity index is 1070. The molecule has 3 rings (SSSR count). The fourth-order valence-corrected chi connectivity index (χ4v) is 2.82. The second-order valence-corrected chi connectivity index (χ2v) is 6.32. The predicted molar refractivity (Wildman–Crippen MR) is 99.7 cm³/mol. The van der Waals surface area contributed by atoms with E-state index >= 15 is 0 Å². The molecule has 5 nitrogen and oxygen atoms in total. The van der Waals surface area contributed by atoms with Crippen LogP contribution in [0.25, 0.3) is 0 Å². The topological polar surface area (TPSA) is 56.1 Å². The minimum atomic E-state index is -1.52. The van der Waals surface area contributed by atoms with Gasteiger partial charge in [-0.3, -0.25) is 4.79 Å². The standard InChI is InChI=1S/C20H18F3N3O2/c1-11-6-14(28-3)4-5-17(11)24-20-25-18(27)7-12(2)26(20)10-13-8-15(21)19(23)16(22)9-13/h4-9H,10H2,1-3H3,(H,24,25,27). The van der Waals surface area contributed by atoms with E-state index in [1.165, 1.54) is 6.07 Å². The summed E-state index contributed by atoms with van der Waals surface area (Å²) in [6.45, 7) is 3.52. The van der Waals surface area contributed by atoms with Crippen LogP contribution in [0.5, 0.6) is 5.75 Å². The zero-order chi connectivity index (χ0) is 20.4. The molecule has 0 saturated carbocycles. The number of halogens is 3. The third-order valence-electron chi connectivity index (χ3n) is 4.29. The van der Waals surface area contributed by atoms with Crippen molar-refractivity contribution in [3.63, 3.8) is 0 Å². The van der Waals surface area contributed by atoms with Gasteiger partial charge in [0.2, 0.25) is 5.95 Å². The quantitative estimate of drug-likeness (QED) is 0.668. The summed E-state index contributed by atoms with van der Waals surface area (Å²) in [5, 5.41) is 3.07. The average molecular weight is 389 g/mol. The van der Waals surface area contributed by atoms with Gasteiger partial charge in [0, 0.05) is 17.4 Å². The zero-order valence-corrected chi connectivity index (χ0v) is 15.5. The molecule has 0 radical (unpaired) electrons. The van der Waals surface area contributed by atoms with Crippen LogP contribution in [0.1, 0.15) is 16.8 Å². The predicted octanol–water partition coefficient (Wildman–Crippen LogP) is 4.08. The molecule has 0 aliphatic rings. The third kappa shape index (κ3) is 4.00. The van der Waals surface area contributed by atoms with Crippen LogP contribution in [0.15, 0.2) is 41.2 Å². The third-order valence-corrected chi connectivity index (χ3v) is 4.29. The number of aromatic nitrogens is 2. The summed E-state index contributed by atoms with van der Waals surface area (Å²) in [4.78, 5) is 15.9. The summed E-state index contributed by atoms with van der Waals surface area (Å²) < 4.78 is 47.1. The van der Waals surface area contributed by atoms with Crippen LogP contribution in [0.3, 0.4) is 0 Å². The second-order valence-electron chi connectivity index (χ2n) is 6.32. The van der Waals surface area contributed by atoms with Gasteiger partial charge < -0.3 is 14.6 Å². The number of benzene rings is 2. The molecule has 0 amide bonds. The van der Waals surface area contributed by atoms with Crippen LogP contribution >= 0.6 is 0 Å². The van der Waals surface area contributed by atoms with Gasteiger partial charge >= 0.3 is 0 Å². The molecule has 0 unspecified atom stereocenters. The molecule has 1 N–H and O–H groups in total. The van der Waals surface area contributed by atoms with E-state index in [0.29, 0.717) is 17.1 Å². The van der Waals surface area contributed by atoms with E-state index in [0.717, 1.165) is 17.7 Å². The fourth-order valence-electron chi connectivity index (χ4n) is 2.82. The Morgan fingerprint density at radius 2 is 1.75 bits per heavy atom. The van der Waals surface area contributed by atoms with E-state index < -0.39 is 23.0 Å². The lowest BCUT2D eigenvalue weighted by Crippen LogP contribution is -2.19. The van der Waals surface area contributed by atoms with Gasteiger partial charge in [0.15, 0.2) is 17.5 Å². The number of ether oxygens (including phenoxy) is 1. The molecule has 0 aliphatic carbocycles. The first-order valence-corrected chi connectivity index (χ1v) is 8.42. The molecule has 146 valence electrons. The summed E-state index contributed by atoms with van der Waals surface area (Å²) in [5.74, 6) is -3.20.